The molecule has 4 N–H and O–H groups in total. The number of aromatic amines is 1. The number of nitrogens with one attached hydrogen (secondary N) is 4. The third-order valence-corrected chi connectivity index (χ3v) is 6.13. The van der Waals surface area contributed by atoms with Crippen molar-refractivity contribution in [2.45, 2.75) is 31.3 Å². The summed E-state index contributed by atoms with van der Waals surface area (Å²) in [6.45, 7) is 0. The highest BCUT2D eigenvalue weighted by Crippen LogP contribution is 2.21. The average Bonchev–Trinajstić information content (AvgIpc) is 3.61. The van der Waals surface area contributed by atoms with Crippen LogP contribution >= 0.6 is 0 Å². The fourth-order valence-corrected chi connectivity index (χ4v) is 4.04. The molecular weight excluding hydrogens is 459 g/mol. The van der Waals surface area contributed by atoms with Gasteiger partial charge in [-0.1, -0.05) is 24.3 Å². The van der Waals surface area contributed by atoms with Gasteiger partial charge in [-0.2, -0.15) is 0 Å². The topological polar surface area (TPSA) is 103 Å². The van der Waals surface area contributed by atoms with Gasteiger partial charge in [-0.15, -0.1) is 0 Å². The number of rotatable bonds is 8. The molecule has 5 rings (SSSR count). The van der Waals surface area contributed by atoms with E-state index in [1.807, 2.05) is 30.5 Å². The number of anilines is 1. The summed E-state index contributed by atoms with van der Waals surface area (Å²) < 4.78 is 13.3. The maximum atomic E-state index is 13.4. The van der Waals surface area contributed by atoms with E-state index in [0.29, 0.717) is 11.3 Å². The van der Waals surface area contributed by atoms with Crippen LogP contribution in [-0.2, 0) is 11.2 Å². The number of hydrogen-bond acceptors (Lipinski definition) is 3. The van der Waals surface area contributed by atoms with E-state index >= 15 is 0 Å². The van der Waals surface area contributed by atoms with E-state index in [-0.39, 0.29) is 23.9 Å². The van der Waals surface area contributed by atoms with Crippen molar-refractivity contribution in [2.75, 3.05) is 5.32 Å². The lowest BCUT2D eigenvalue weighted by molar-refractivity contribution is -0.118. The third-order valence-electron chi connectivity index (χ3n) is 6.13. The normalized spacial score (nSPS) is 13.7. The monoisotopic (exact) mass is 484 g/mol. The summed E-state index contributed by atoms with van der Waals surface area (Å²) >= 11 is 0. The minimum absolute atomic E-state index is 0.187. The maximum Gasteiger partial charge on any atom is 0.251 e. The number of para-hydroxylation sites is 1. The molecule has 1 aromatic heterocycles. The van der Waals surface area contributed by atoms with Gasteiger partial charge in [0.25, 0.3) is 11.8 Å². The van der Waals surface area contributed by atoms with Crippen molar-refractivity contribution in [1.82, 2.24) is 15.6 Å². The molecule has 7 nitrogen and oxygen atoms in total. The first kappa shape index (κ1) is 23.3. The number of hydrogen-bond donors (Lipinski definition) is 4. The molecule has 0 unspecified atom stereocenters. The van der Waals surface area contributed by atoms with Crippen molar-refractivity contribution in [3.63, 3.8) is 0 Å². The van der Waals surface area contributed by atoms with Crippen LogP contribution in [-0.4, -0.2) is 34.8 Å². The zero-order chi connectivity index (χ0) is 25.1. The third kappa shape index (κ3) is 5.43. The van der Waals surface area contributed by atoms with E-state index in [1.54, 1.807) is 24.3 Å². The fraction of sp³-hybridized carbons (Fsp3) is 0.179. The van der Waals surface area contributed by atoms with E-state index in [2.05, 4.69) is 20.9 Å². The van der Waals surface area contributed by atoms with Crippen molar-refractivity contribution in [1.29, 1.82) is 0 Å². The Balaban J connectivity index is 1.37. The first-order chi connectivity index (χ1) is 17.5. The molecule has 1 heterocycles. The minimum atomic E-state index is -0.925. The van der Waals surface area contributed by atoms with E-state index < -0.39 is 23.7 Å². The molecule has 36 heavy (non-hydrogen) atoms. The Morgan fingerprint density at radius 1 is 0.917 bits per heavy atom. The van der Waals surface area contributed by atoms with Crippen molar-refractivity contribution < 1.29 is 18.8 Å². The number of amides is 3. The van der Waals surface area contributed by atoms with Gasteiger partial charge in [0.05, 0.1) is 0 Å². The zero-order valence-electron chi connectivity index (χ0n) is 19.4. The molecule has 1 aliphatic carbocycles. The van der Waals surface area contributed by atoms with E-state index in [1.165, 1.54) is 24.3 Å². The van der Waals surface area contributed by atoms with Crippen LogP contribution in [0.4, 0.5) is 10.1 Å². The molecule has 1 aliphatic rings. The van der Waals surface area contributed by atoms with Crippen LogP contribution in [0.3, 0.4) is 0 Å². The van der Waals surface area contributed by atoms with Crippen LogP contribution in [0.15, 0.2) is 79.0 Å². The number of carbonyl (C=O) groups is 3. The van der Waals surface area contributed by atoms with Gasteiger partial charge >= 0.3 is 0 Å². The number of fused-ring (bicyclic) bond motifs is 1. The molecule has 0 spiro atoms. The zero-order valence-corrected chi connectivity index (χ0v) is 19.4. The summed E-state index contributed by atoms with van der Waals surface area (Å²) in [5.74, 6) is -1.57. The number of halogens is 1. The second kappa shape index (κ2) is 10.0. The molecule has 0 aliphatic heterocycles. The van der Waals surface area contributed by atoms with Gasteiger partial charge in [0.2, 0.25) is 5.91 Å². The lowest BCUT2D eigenvalue weighted by Gasteiger charge is -2.19. The lowest BCUT2D eigenvalue weighted by atomic mass is 10.0. The van der Waals surface area contributed by atoms with Crippen LogP contribution in [0, 0.1) is 5.82 Å². The Labute approximate surface area is 207 Å². The van der Waals surface area contributed by atoms with Gasteiger partial charge in [0.15, 0.2) is 0 Å². The Hall–Kier alpha value is -4.46. The summed E-state index contributed by atoms with van der Waals surface area (Å²) in [5, 5.41) is 9.49. The van der Waals surface area contributed by atoms with Gasteiger partial charge in [-0.05, 0) is 66.9 Å². The van der Waals surface area contributed by atoms with Gasteiger partial charge in [-0.25, -0.2) is 4.39 Å². The molecule has 1 saturated carbocycles. The molecule has 1 fully saturated rings. The van der Waals surface area contributed by atoms with E-state index in [0.717, 1.165) is 29.3 Å². The maximum absolute atomic E-state index is 13.4. The predicted octanol–water partition coefficient (Wildman–Crippen LogP) is 4.18. The lowest BCUT2D eigenvalue weighted by Crippen LogP contribution is -2.45. The second-order valence-corrected chi connectivity index (χ2v) is 8.91. The standard InChI is InChI=1S/C28H25FN4O3/c29-20-10-8-17(9-11-20)26(34)33-25(15-19-16-30-24-7-2-1-6-23(19)24)28(36)32-22-5-3-4-18(14-22)27(35)31-21-12-13-21/h1-11,14,16,21,25,30H,12-13,15H2,(H,31,35)(H,32,36)(H,33,34)/t25-/m1/s1. The number of H-pyrrole nitrogens is 1. The SMILES string of the molecule is O=C(NC1CC1)c1cccc(NC(=O)[C@@H](Cc2c[nH]c3ccccc23)NC(=O)c2ccc(F)cc2)c1. The summed E-state index contributed by atoms with van der Waals surface area (Å²) in [7, 11) is 0. The Bertz CT molecular complexity index is 1430. The summed E-state index contributed by atoms with van der Waals surface area (Å²) in [6, 6.07) is 18.8. The van der Waals surface area contributed by atoms with Crippen LogP contribution in [0.2, 0.25) is 0 Å². The minimum Gasteiger partial charge on any atom is -0.361 e. The molecule has 0 saturated heterocycles. The van der Waals surface area contributed by atoms with Crippen LogP contribution in [0.25, 0.3) is 10.9 Å². The van der Waals surface area contributed by atoms with Crippen molar-refractivity contribution >= 4 is 34.3 Å². The Morgan fingerprint density at radius 3 is 2.47 bits per heavy atom. The number of carbonyl (C=O) groups excluding carboxylic acids is 3. The largest absolute Gasteiger partial charge is 0.361 e. The molecular formula is C28H25FN4O3. The molecule has 8 heteroatoms. The number of benzene rings is 3. The molecule has 1 atom stereocenters. The fourth-order valence-electron chi connectivity index (χ4n) is 4.04. The molecule has 4 aromatic rings. The Kier molecular flexibility index (Phi) is 6.49. The van der Waals surface area contributed by atoms with Crippen molar-refractivity contribution in [3.05, 3.63) is 102 Å². The first-order valence-electron chi connectivity index (χ1n) is 11.8. The Morgan fingerprint density at radius 2 is 1.69 bits per heavy atom. The van der Waals surface area contributed by atoms with Crippen LogP contribution < -0.4 is 16.0 Å². The molecule has 3 amide bonds. The van der Waals surface area contributed by atoms with Crippen molar-refractivity contribution in [2.24, 2.45) is 0 Å². The van der Waals surface area contributed by atoms with Crippen molar-refractivity contribution in [3.8, 4) is 0 Å². The van der Waals surface area contributed by atoms with Gasteiger partial charge in [-0.3, -0.25) is 14.4 Å². The van der Waals surface area contributed by atoms with E-state index in [9.17, 15) is 18.8 Å². The van der Waals surface area contributed by atoms with Crippen LogP contribution in [0.5, 0.6) is 0 Å². The smallest absolute Gasteiger partial charge is 0.251 e. The molecule has 182 valence electrons. The molecule has 0 radical (unpaired) electrons. The summed E-state index contributed by atoms with van der Waals surface area (Å²) in [4.78, 5) is 41.9. The first-order valence-corrected chi connectivity index (χ1v) is 11.8. The highest BCUT2D eigenvalue weighted by Gasteiger charge is 2.25. The van der Waals surface area contributed by atoms with Gasteiger partial charge in [0, 0.05) is 46.4 Å². The van der Waals surface area contributed by atoms with Gasteiger partial charge < -0.3 is 20.9 Å². The predicted molar refractivity (Wildman–Crippen MR) is 135 cm³/mol. The van der Waals surface area contributed by atoms with Crippen LogP contribution in [0.1, 0.15) is 39.1 Å². The average molecular weight is 485 g/mol. The molecule has 3 aromatic carbocycles. The quantitative estimate of drug-likeness (QED) is 0.302. The van der Waals surface area contributed by atoms with Gasteiger partial charge in [0.1, 0.15) is 11.9 Å². The molecule has 0 bridgehead atoms. The highest BCUT2D eigenvalue weighted by molar-refractivity contribution is 6.02. The summed E-state index contributed by atoms with van der Waals surface area (Å²) in [5.41, 5.74) is 2.92. The number of aromatic nitrogens is 1. The highest BCUT2D eigenvalue weighted by atomic mass is 19.1. The van der Waals surface area contributed by atoms with E-state index in [4.69, 9.17) is 0 Å². The second-order valence-electron chi connectivity index (χ2n) is 8.91. The summed E-state index contributed by atoms with van der Waals surface area (Å²) in [6.07, 6.45) is 4.00.